The Bertz CT molecular complexity index is 1410. The van der Waals surface area contributed by atoms with E-state index in [1.54, 1.807) is 46.8 Å². The van der Waals surface area contributed by atoms with Gasteiger partial charge in [-0.25, -0.2) is 9.97 Å². The minimum absolute atomic E-state index is 0.0717. The number of carbonyl (C=O) groups is 1. The molecule has 0 radical (unpaired) electrons. The van der Waals surface area contributed by atoms with Gasteiger partial charge < -0.3 is 14.7 Å². The predicted molar refractivity (Wildman–Crippen MR) is 158 cm³/mol. The van der Waals surface area contributed by atoms with Crippen molar-refractivity contribution in [1.82, 2.24) is 19.8 Å². The van der Waals surface area contributed by atoms with Gasteiger partial charge >= 0.3 is 0 Å². The van der Waals surface area contributed by atoms with Crippen molar-refractivity contribution in [1.29, 1.82) is 0 Å². The Morgan fingerprint density at radius 2 is 1.85 bits per heavy atom. The number of benzene rings is 2. The highest BCUT2D eigenvalue weighted by Crippen LogP contribution is 2.34. The summed E-state index contributed by atoms with van der Waals surface area (Å²) in [5, 5.41) is 13.9. The van der Waals surface area contributed by atoms with Crippen LogP contribution < -0.4 is 4.74 Å². The van der Waals surface area contributed by atoms with Gasteiger partial charge in [-0.1, -0.05) is 29.8 Å². The van der Waals surface area contributed by atoms with E-state index in [4.69, 9.17) is 16.3 Å². The second-order valence-electron chi connectivity index (χ2n) is 10.2. The first-order valence-electron chi connectivity index (χ1n) is 13.4. The Morgan fingerprint density at radius 1 is 1.12 bits per heavy atom. The summed E-state index contributed by atoms with van der Waals surface area (Å²) in [6.45, 7) is 3.65. The minimum Gasteiger partial charge on any atom is -0.483 e. The Labute approximate surface area is 244 Å². The molecule has 1 atom stereocenters. The van der Waals surface area contributed by atoms with Gasteiger partial charge in [0.05, 0.1) is 5.60 Å². The maximum Gasteiger partial charge on any atom is 0.260 e. The van der Waals surface area contributed by atoms with Crippen LogP contribution in [-0.2, 0) is 16.9 Å². The number of hydrogen-bond acceptors (Lipinski definition) is 7. The molecule has 1 saturated heterocycles. The molecule has 1 fully saturated rings. The number of rotatable bonds is 9. The number of thiophene rings is 1. The van der Waals surface area contributed by atoms with Crippen LogP contribution >= 0.6 is 22.9 Å². The van der Waals surface area contributed by atoms with Crippen LogP contribution in [0.5, 0.6) is 5.75 Å². The monoisotopic (exact) mass is 576 g/mol. The second-order valence-corrected chi connectivity index (χ2v) is 11.6. The quantitative estimate of drug-likeness (QED) is 0.266. The average molecular weight is 577 g/mol. The molecule has 0 spiro atoms. The van der Waals surface area contributed by atoms with Gasteiger partial charge in [-0.15, -0.1) is 11.3 Å². The highest BCUT2D eigenvalue weighted by Gasteiger charge is 2.35. The molecule has 0 saturated carbocycles. The summed E-state index contributed by atoms with van der Waals surface area (Å²) in [5.74, 6) is 1.20. The van der Waals surface area contributed by atoms with Gasteiger partial charge in [0.15, 0.2) is 12.4 Å². The van der Waals surface area contributed by atoms with E-state index in [-0.39, 0.29) is 18.6 Å². The van der Waals surface area contributed by atoms with Crippen LogP contribution in [0.4, 0.5) is 0 Å². The smallest absolute Gasteiger partial charge is 0.260 e. The van der Waals surface area contributed by atoms with Crippen molar-refractivity contribution in [3.63, 3.8) is 0 Å². The molecule has 0 bridgehead atoms. The number of halogens is 1. The minimum atomic E-state index is -0.964. The standard InChI is InChI=1S/C31H33ClN4O3S/c1-22(28-5-3-18-40-28)35(2)20-24-19-23(30-33-14-4-15-34-30)6-11-27(24)39-21-29(37)36-16-12-31(38,13-17-36)25-7-9-26(32)10-8-25/h3-11,14-15,18-19,22,38H,12-13,16-17,20-21H2,1-2H3/t22-/m1/s1. The van der Waals surface area contributed by atoms with Gasteiger partial charge in [-0.2, -0.15) is 0 Å². The summed E-state index contributed by atoms with van der Waals surface area (Å²) in [6, 6.07) is 19.4. The Morgan fingerprint density at radius 3 is 2.52 bits per heavy atom. The van der Waals surface area contributed by atoms with E-state index < -0.39 is 5.60 Å². The zero-order valence-electron chi connectivity index (χ0n) is 22.7. The zero-order valence-corrected chi connectivity index (χ0v) is 24.2. The predicted octanol–water partition coefficient (Wildman–Crippen LogP) is 5.94. The Kier molecular flexibility index (Phi) is 8.81. The number of piperidine rings is 1. The molecule has 208 valence electrons. The Balaban J connectivity index is 1.27. The van der Waals surface area contributed by atoms with Gasteiger partial charge in [-0.3, -0.25) is 9.69 Å². The van der Waals surface area contributed by atoms with E-state index in [1.807, 2.05) is 30.3 Å². The molecule has 4 aromatic rings. The van der Waals surface area contributed by atoms with Crippen LogP contribution in [0.2, 0.25) is 5.02 Å². The number of likely N-dealkylation sites (tertiary alicyclic amines) is 1. The van der Waals surface area contributed by atoms with E-state index in [0.29, 0.717) is 49.1 Å². The lowest BCUT2D eigenvalue weighted by molar-refractivity contribution is -0.137. The maximum atomic E-state index is 13.1. The van der Waals surface area contributed by atoms with Gasteiger partial charge in [0, 0.05) is 59.1 Å². The summed E-state index contributed by atoms with van der Waals surface area (Å²) in [5.41, 5.74) is 1.71. The molecule has 2 aromatic heterocycles. The lowest BCUT2D eigenvalue weighted by atomic mass is 9.84. The van der Waals surface area contributed by atoms with Crippen molar-refractivity contribution < 1.29 is 14.6 Å². The highest BCUT2D eigenvalue weighted by molar-refractivity contribution is 7.10. The van der Waals surface area contributed by atoms with Crippen LogP contribution in [-0.4, -0.2) is 57.5 Å². The third-order valence-electron chi connectivity index (χ3n) is 7.60. The number of hydrogen-bond donors (Lipinski definition) is 1. The molecule has 1 aliphatic heterocycles. The Hall–Kier alpha value is -3.30. The number of ether oxygens (including phenoxy) is 1. The van der Waals surface area contributed by atoms with E-state index >= 15 is 0 Å². The van der Waals surface area contributed by atoms with Gasteiger partial charge in [0.1, 0.15) is 5.75 Å². The molecule has 1 N–H and O–H groups in total. The van der Waals surface area contributed by atoms with Crippen LogP contribution in [0.15, 0.2) is 78.4 Å². The molecule has 3 heterocycles. The largest absolute Gasteiger partial charge is 0.483 e. The van der Waals surface area contributed by atoms with Crippen molar-refractivity contribution in [3.8, 4) is 17.1 Å². The topological polar surface area (TPSA) is 78.8 Å². The molecule has 5 rings (SSSR count). The zero-order chi connectivity index (χ0) is 28.1. The number of nitrogens with zero attached hydrogens (tertiary/aromatic N) is 4. The number of aliphatic hydroxyl groups is 1. The van der Waals surface area contributed by atoms with Crippen molar-refractivity contribution in [2.75, 3.05) is 26.7 Å². The molecule has 0 aliphatic carbocycles. The van der Waals surface area contributed by atoms with Crippen molar-refractivity contribution in [2.45, 2.75) is 38.0 Å². The van der Waals surface area contributed by atoms with Crippen LogP contribution in [0.3, 0.4) is 0 Å². The molecule has 7 nitrogen and oxygen atoms in total. The fraction of sp³-hybridized carbons (Fsp3) is 0.323. The summed E-state index contributed by atoms with van der Waals surface area (Å²) in [6.07, 6.45) is 4.37. The average Bonchev–Trinajstić information content (AvgIpc) is 3.52. The van der Waals surface area contributed by atoms with Crippen molar-refractivity contribution in [3.05, 3.63) is 99.5 Å². The van der Waals surface area contributed by atoms with E-state index in [1.165, 1.54) is 4.88 Å². The third kappa shape index (κ3) is 6.53. The van der Waals surface area contributed by atoms with Crippen molar-refractivity contribution in [2.24, 2.45) is 0 Å². The number of amides is 1. The van der Waals surface area contributed by atoms with Gasteiger partial charge in [0.2, 0.25) is 0 Å². The fourth-order valence-corrected chi connectivity index (χ4v) is 5.96. The summed E-state index contributed by atoms with van der Waals surface area (Å²) in [4.78, 5) is 27.2. The molecule has 2 aromatic carbocycles. The third-order valence-corrected chi connectivity index (χ3v) is 8.89. The SMILES string of the molecule is C[C@H](c1cccs1)N(C)Cc1cc(-c2ncccn2)ccc1OCC(=O)N1CCC(O)(c2ccc(Cl)cc2)CC1. The lowest BCUT2D eigenvalue weighted by Gasteiger charge is -2.38. The van der Waals surface area contributed by atoms with Crippen molar-refractivity contribution >= 4 is 28.8 Å². The maximum absolute atomic E-state index is 13.1. The molecule has 1 amide bonds. The van der Waals surface area contributed by atoms with Crippen LogP contribution in [0, 0.1) is 0 Å². The first-order chi connectivity index (χ1) is 19.3. The van der Waals surface area contributed by atoms with Crippen LogP contribution in [0.25, 0.3) is 11.4 Å². The first kappa shape index (κ1) is 28.2. The molecule has 1 aliphatic rings. The van der Waals surface area contributed by atoms with E-state index in [9.17, 15) is 9.90 Å². The molecular weight excluding hydrogens is 544 g/mol. The van der Waals surface area contributed by atoms with Crippen LogP contribution in [0.1, 0.15) is 41.8 Å². The first-order valence-corrected chi connectivity index (χ1v) is 14.6. The number of carbonyl (C=O) groups excluding carboxylic acids is 1. The summed E-state index contributed by atoms with van der Waals surface area (Å²) < 4.78 is 6.13. The highest BCUT2D eigenvalue weighted by atomic mass is 35.5. The molecule has 9 heteroatoms. The fourth-order valence-electron chi connectivity index (χ4n) is 4.99. The summed E-state index contributed by atoms with van der Waals surface area (Å²) >= 11 is 7.74. The molecular formula is C31H33ClN4O3S. The normalized spacial score (nSPS) is 15.7. The summed E-state index contributed by atoms with van der Waals surface area (Å²) in [7, 11) is 2.08. The number of aromatic nitrogens is 2. The second kappa shape index (κ2) is 12.5. The molecule has 40 heavy (non-hydrogen) atoms. The van der Waals surface area contributed by atoms with Gasteiger partial charge in [0.25, 0.3) is 5.91 Å². The van der Waals surface area contributed by atoms with E-state index in [2.05, 4.69) is 46.4 Å². The lowest BCUT2D eigenvalue weighted by Crippen LogP contribution is -2.46. The van der Waals surface area contributed by atoms with Gasteiger partial charge in [-0.05, 0) is 80.2 Å². The van der Waals surface area contributed by atoms with E-state index in [0.717, 1.165) is 16.7 Å². The molecule has 0 unspecified atom stereocenters.